The summed E-state index contributed by atoms with van der Waals surface area (Å²) >= 11 is 1.38. The first-order valence-corrected chi connectivity index (χ1v) is 8.78. The van der Waals surface area contributed by atoms with E-state index in [2.05, 4.69) is 4.98 Å². The zero-order valence-electron chi connectivity index (χ0n) is 13.5. The Balaban J connectivity index is 1.66. The Hall–Kier alpha value is -2.60. The van der Waals surface area contributed by atoms with E-state index < -0.39 is 0 Å². The topological polar surface area (TPSA) is 46.3 Å². The number of amides is 1. The SMILES string of the molecule is O=C(CSc1ccc(F)cc1)N(Cc1ccccn1)Cc1ccco1. The fourth-order valence-corrected chi connectivity index (χ4v) is 3.08. The summed E-state index contributed by atoms with van der Waals surface area (Å²) in [6.45, 7) is 0.788. The highest BCUT2D eigenvalue weighted by atomic mass is 32.2. The number of carbonyl (C=O) groups excluding carboxylic acids is 1. The molecule has 1 amide bonds. The van der Waals surface area contributed by atoms with Crippen LogP contribution in [0, 0.1) is 5.82 Å². The smallest absolute Gasteiger partial charge is 0.233 e. The predicted octanol–water partition coefficient (Wildman–Crippen LogP) is 4.13. The van der Waals surface area contributed by atoms with Gasteiger partial charge in [-0.2, -0.15) is 0 Å². The molecule has 0 radical (unpaired) electrons. The van der Waals surface area contributed by atoms with Gasteiger partial charge in [0.05, 0.1) is 30.8 Å². The van der Waals surface area contributed by atoms with E-state index in [1.54, 1.807) is 35.6 Å². The molecule has 25 heavy (non-hydrogen) atoms. The molecule has 6 heteroatoms. The van der Waals surface area contributed by atoms with Crippen LogP contribution in [0.15, 0.2) is 76.4 Å². The molecular formula is C19H17FN2O2S. The lowest BCUT2D eigenvalue weighted by Gasteiger charge is -2.21. The number of hydrogen-bond donors (Lipinski definition) is 0. The third-order valence-electron chi connectivity index (χ3n) is 3.53. The normalized spacial score (nSPS) is 10.6. The van der Waals surface area contributed by atoms with E-state index in [-0.39, 0.29) is 17.5 Å². The summed E-state index contributed by atoms with van der Waals surface area (Å²) < 4.78 is 18.3. The van der Waals surface area contributed by atoms with Gasteiger partial charge >= 0.3 is 0 Å². The van der Waals surface area contributed by atoms with Crippen LogP contribution in [0.1, 0.15) is 11.5 Å². The number of pyridine rings is 1. The average Bonchev–Trinajstić information content (AvgIpc) is 3.14. The summed E-state index contributed by atoms with van der Waals surface area (Å²) in [6, 6.07) is 15.4. The fourth-order valence-electron chi connectivity index (χ4n) is 2.28. The molecule has 0 N–H and O–H groups in total. The first-order valence-electron chi connectivity index (χ1n) is 7.79. The zero-order valence-corrected chi connectivity index (χ0v) is 14.3. The molecule has 4 nitrogen and oxygen atoms in total. The van der Waals surface area contributed by atoms with Gasteiger partial charge < -0.3 is 9.32 Å². The number of benzene rings is 1. The van der Waals surface area contributed by atoms with Crippen LogP contribution in [0.2, 0.25) is 0 Å². The quantitative estimate of drug-likeness (QED) is 0.597. The van der Waals surface area contributed by atoms with Crippen molar-refractivity contribution in [2.24, 2.45) is 0 Å². The minimum atomic E-state index is -0.287. The van der Waals surface area contributed by atoms with Crippen molar-refractivity contribution in [1.82, 2.24) is 9.88 Å². The number of nitrogens with zero attached hydrogens (tertiary/aromatic N) is 2. The van der Waals surface area contributed by atoms with Crippen LogP contribution in [0.4, 0.5) is 4.39 Å². The Morgan fingerprint density at radius 3 is 2.60 bits per heavy atom. The first kappa shape index (κ1) is 17.2. The van der Waals surface area contributed by atoms with E-state index in [1.807, 2.05) is 24.3 Å². The molecule has 0 spiro atoms. The standard InChI is InChI=1S/C19H17FN2O2S/c20-15-6-8-18(9-7-15)25-14-19(23)22(13-17-5-3-11-24-17)12-16-4-1-2-10-21-16/h1-11H,12-14H2. The Labute approximate surface area is 149 Å². The number of rotatable bonds is 7. The average molecular weight is 356 g/mol. The highest BCUT2D eigenvalue weighted by Crippen LogP contribution is 2.20. The van der Waals surface area contributed by atoms with Crippen LogP contribution in [0.25, 0.3) is 0 Å². The van der Waals surface area contributed by atoms with Gasteiger partial charge in [0.15, 0.2) is 0 Å². The summed E-state index contributed by atoms with van der Waals surface area (Å²) in [6.07, 6.45) is 3.30. The van der Waals surface area contributed by atoms with E-state index in [0.717, 1.165) is 16.3 Å². The van der Waals surface area contributed by atoms with Crippen molar-refractivity contribution < 1.29 is 13.6 Å². The largest absolute Gasteiger partial charge is 0.467 e. The summed E-state index contributed by atoms with van der Waals surface area (Å²) in [4.78, 5) is 19.5. The summed E-state index contributed by atoms with van der Waals surface area (Å²) in [5.41, 5.74) is 0.814. The van der Waals surface area contributed by atoms with Crippen molar-refractivity contribution in [1.29, 1.82) is 0 Å². The Kier molecular flexibility index (Phi) is 5.85. The minimum Gasteiger partial charge on any atom is -0.467 e. The number of aromatic nitrogens is 1. The summed E-state index contributed by atoms with van der Waals surface area (Å²) in [5, 5.41) is 0. The second-order valence-corrected chi connectivity index (χ2v) is 6.44. The van der Waals surface area contributed by atoms with Crippen LogP contribution in [-0.2, 0) is 17.9 Å². The second-order valence-electron chi connectivity index (χ2n) is 5.39. The molecule has 2 aromatic heterocycles. The molecular weight excluding hydrogens is 339 g/mol. The molecule has 3 aromatic rings. The third-order valence-corrected chi connectivity index (χ3v) is 4.53. The third kappa shape index (κ3) is 5.19. The minimum absolute atomic E-state index is 0.0311. The van der Waals surface area contributed by atoms with Crippen LogP contribution in [-0.4, -0.2) is 21.5 Å². The molecule has 2 heterocycles. The maximum absolute atomic E-state index is 13.0. The lowest BCUT2D eigenvalue weighted by molar-refractivity contribution is -0.129. The van der Waals surface area contributed by atoms with Gasteiger partial charge in [-0.1, -0.05) is 6.07 Å². The molecule has 0 fully saturated rings. The van der Waals surface area contributed by atoms with Gasteiger partial charge in [0.1, 0.15) is 11.6 Å². The number of furan rings is 1. The van der Waals surface area contributed by atoms with Crippen molar-refractivity contribution in [2.75, 3.05) is 5.75 Å². The highest BCUT2D eigenvalue weighted by Gasteiger charge is 2.17. The fraction of sp³-hybridized carbons (Fsp3) is 0.158. The molecule has 3 rings (SSSR count). The Morgan fingerprint density at radius 2 is 1.92 bits per heavy atom. The van der Waals surface area contributed by atoms with Crippen LogP contribution in [0.5, 0.6) is 0 Å². The van der Waals surface area contributed by atoms with Crippen molar-refractivity contribution >= 4 is 17.7 Å². The van der Waals surface area contributed by atoms with Gasteiger partial charge in [0, 0.05) is 11.1 Å². The lowest BCUT2D eigenvalue weighted by atomic mass is 10.3. The van der Waals surface area contributed by atoms with Crippen molar-refractivity contribution in [2.45, 2.75) is 18.0 Å². The van der Waals surface area contributed by atoms with Gasteiger partial charge in [0.25, 0.3) is 0 Å². The lowest BCUT2D eigenvalue weighted by Crippen LogP contribution is -2.31. The summed E-state index contributed by atoms with van der Waals surface area (Å²) in [7, 11) is 0. The van der Waals surface area contributed by atoms with E-state index in [0.29, 0.717) is 13.1 Å². The van der Waals surface area contributed by atoms with Crippen molar-refractivity contribution in [3.63, 3.8) is 0 Å². The van der Waals surface area contributed by atoms with E-state index >= 15 is 0 Å². The molecule has 0 aliphatic heterocycles. The van der Waals surface area contributed by atoms with Crippen LogP contribution < -0.4 is 0 Å². The Bertz CT molecular complexity index is 792. The monoisotopic (exact) mass is 356 g/mol. The predicted molar refractivity (Wildman–Crippen MR) is 94.3 cm³/mol. The van der Waals surface area contributed by atoms with Crippen LogP contribution in [0.3, 0.4) is 0 Å². The molecule has 0 saturated heterocycles. The Morgan fingerprint density at radius 1 is 1.08 bits per heavy atom. The maximum Gasteiger partial charge on any atom is 0.233 e. The van der Waals surface area contributed by atoms with E-state index in [1.165, 1.54) is 23.9 Å². The molecule has 0 unspecified atom stereocenters. The maximum atomic E-state index is 13.0. The van der Waals surface area contributed by atoms with E-state index in [9.17, 15) is 9.18 Å². The first-order chi connectivity index (χ1) is 12.2. The van der Waals surface area contributed by atoms with Crippen LogP contribution >= 0.6 is 11.8 Å². The summed E-state index contributed by atoms with van der Waals surface area (Å²) in [5.74, 6) is 0.664. The van der Waals surface area contributed by atoms with Gasteiger partial charge in [-0.15, -0.1) is 11.8 Å². The zero-order chi connectivity index (χ0) is 17.5. The van der Waals surface area contributed by atoms with Crippen molar-refractivity contribution in [3.8, 4) is 0 Å². The van der Waals surface area contributed by atoms with Crippen molar-refractivity contribution in [3.05, 3.63) is 84.3 Å². The van der Waals surface area contributed by atoms with E-state index in [4.69, 9.17) is 4.42 Å². The van der Waals surface area contributed by atoms with Gasteiger partial charge in [0.2, 0.25) is 5.91 Å². The van der Waals surface area contributed by atoms with Gasteiger partial charge in [-0.3, -0.25) is 9.78 Å². The molecule has 0 saturated carbocycles. The number of hydrogen-bond acceptors (Lipinski definition) is 4. The highest BCUT2D eigenvalue weighted by molar-refractivity contribution is 8.00. The van der Waals surface area contributed by atoms with Gasteiger partial charge in [-0.25, -0.2) is 4.39 Å². The number of halogens is 1. The second kappa shape index (κ2) is 8.48. The molecule has 0 atom stereocenters. The van der Waals surface area contributed by atoms with Gasteiger partial charge in [-0.05, 0) is 48.5 Å². The number of carbonyl (C=O) groups is 1. The molecule has 1 aromatic carbocycles. The molecule has 0 bridgehead atoms. The molecule has 0 aliphatic rings. The molecule has 0 aliphatic carbocycles. The molecule has 128 valence electrons. The number of thioether (sulfide) groups is 1.